The number of methoxy groups -OCH3 is 1. The smallest absolute Gasteiger partial charge is 0.350 e. The first-order chi connectivity index (χ1) is 10.1. The lowest BCUT2D eigenvalue weighted by atomic mass is 9.95. The van der Waals surface area contributed by atoms with E-state index >= 15 is 0 Å². The quantitative estimate of drug-likeness (QED) is 0.712. The molecule has 1 N–H and O–H groups in total. The summed E-state index contributed by atoms with van der Waals surface area (Å²) in [5, 5.41) is 2.63. The monoisotopic (exact) mass is 291 g/mol. The minimum atomic E-state index is -0.615. The van der Waals surface area contributed by atoms with Crippen LogP contribution in [0.15, 0.2) is 29.3 Å². The van der Waals surface area contributed by atoms with Gasteiger partial charge in [0.15, 0.2) is 0 Å². The van der Waals surface area contributed by atoms with E-state index in [1.807, 2.05) is 0 Å². The van der Waals surface area contributed by atoms with Gasteiger partial charge in [-0.1, -0.05) is 18.2 Å². The average Bonchev–Trinajstić information content (AvgIpc) is 2.47. The Labute approximate surface area is 122 Å². The lowest BCUT2D eigenvalue weighted by Gasteiger charge is -2.28. The second-order valence-electron chi connectivity index (χ2n) is 4.62. The van der Waals surface area contributed by atoms with Gasteiger partial charge in [-0.2, -0.15) is 4.99 Å². The van der Waals surface area contributed by atoms with Crippen LogP contribution in [-0.4, -0.2) is 55.3 Å². The van der Waals surface area contributed by atoms with Gasteiger partial charge >= 0.3 is 6.03 Å². The molecule has 0 saturated carbocycles. The topological polar surface area (TPSA) is 88.1 Å². The van der Waals surface area contributed by atoms with Crippen molar-refractivity contribution >= 4 is 23.6 Å². The first kappa shape index (κ1) is 15.1. The summed E-state index contributed by atoms with van der Waals surface area (Å²) in [6.07, 6.45) is 6.87. The number of amides is 4. The predicted molar refractivity (Wildman–Crippen MR) is 75.8 cm³/mol. The molecule has 7 heteroatoms. The van der Waals surface area contributed by atoms with E-state index in [1.54, 1.807) is 31.4 Å². The molecule has 0 radical (unpaired) electrons. The van der Waals surface area contributed by atoms with Crippen LogP contribution in [0.3, 0.4) is 0 Å². The molecule has 0 aromatic carbocycles. The number of carbonyl (C=O) groups excluding carboxylic acids is 3. The largest absolute Gasteiger partial charge is 0.383 e. The Morgan fingerprint density at radius 2 is 2.24 bits per heavy atom. The van der Waals surface area contributed by atoms with Gasteiger partial charge in [0, 0.05) is 26.6 Å². The summed E-state index contributed by atoms with van der Waals surface area (Å²) in [6, 6.07) is -0.615. The van der Waals surface area contributed by atoms with Gasteiger partial charge < -0.3 is 10.1 Å². The maximum absolute atomic E-state index is 12.2. The van der Waals surface area contributed by atoms with Crippen molar-refractivity contribution in [1.29, 1.82) is 0 Å². The number of hydrogen-bond acceptors (Lipinski definition) is 4. The summed E-state index contributed by atoms with van der Waals surface area (Å²) in [7, 11) is 1.54. The number of urea groups is 1. The molecule has 1 unspecified atom stereocenters. The van der Waals surface area contributed by atoms with Gasteiger partial charge in [0.1, 0.15) is 0 Å². The van der Waals surface area contributed by atoms with E-state index in [-0.39, 0.29) is 24.8 Å². The van der Waals surface area contributed by atoms with Gasteiger partial charge in [0.05, 0.1) is 18.2 Å². The molecular formula is C14H17N3O4. The average molecular weight is 291 g/mol. The number of hydrogen-bond donors (Lipinski definition) is 1. The molecule has 0 aromatic rings. The minimum Gasteiger partial charge on any atom is -0.383 e. The fourth-order valence-corrected chi connectivity index (χ4v) is 2.08. The Balaban J connectivity index is 1.92. The zero-order valence-electron chi connectivity index (χ0n) is 11.7. The Morgan fingerprint density at radius 1 is 1.43 bits per heavy atom. The molecule has 1 aliphatic heterocycles. The van der Waals surface area contributed by atoms with Crippen molar-refractivity contribution in [2.24, 2.45) is 10.9 Å². The molecule has 2 aliphatic rings. The molecule has 4 amide bonds. The molecule has 1 aliphatic carbocycles. The summed E-state index contributed by atoms with van der Waals surface area (Å²) in [5.74, 6) is -1.10. The summed E-state index contributed by atoms with van der Waals surface area (Å²) in [5.41, 5.74) is 0.452. The van der Waals surface area contributed by atoms with Crippen molar-refractivity contribution < 1.29 is 19.1 Å². The zero-order chi connectivity index (χ0) is 15.2. The van der Waals surface area contributed by atoms with Crippen LogP contribution in [0.4, 0.5) is 4.79 Å². The third kappa shape index (κ3) is 3.63. The number of nitrogens with zero attached hydrogens (tertiary/aromatic N) is 2. The Hall–Kier alpha value is -2.28. The molecular weight excluding hydrogens is 274 g/mol. The number of fused-ring (bicyclic) bond motifs is 1. The number of allylic oxidation sites excluding steroid dienone is 3. The van der Waals surface area contributed by atoms with Crippen molar-refractivity contribution in [3.63, 3.8) is 0 Å². The van der Waals surface area contributed by atoms with E-state index in [0.717, 1.165) is 4.90 Å². The third-order valence-electron chi connectivity index (χ3n) is 3.18. The molecule has 0 aromatic heterocycles. The number of carbonyl (C=O) groups is 3. The first-order valence-electron chi connectivity index (χ1n) is 6.68. The molecule has 112 valence electrons. The van der Waals surface area contributed by atoms with Gasteiger partial charge in [-0.15, -0.1) is 0 Å². The van der Waals surface area contributed by atoms with E-state index in [4.69, 9.17) is 4.74 Å². The Morgan fingerprint density at radius 3 is 3.00 bits per heavy atom. The highest BCUT2D eigenvalue weighted by Crippen LogP contribution is 2.19. The number of aliphatic imine (C=N–C) groups is 1. The highest BCUT2D eigenvalue weighted by Gasteiger charge is 2.35. The van der Waals surface area contributed by atoms with Crippen LogP contribution in [0.5, 0.6) is 0 Å². The normalized spacial score (nSPS) is 20.3. The van der Waals surface area contributed by atoms with Crippen molar-refractivity contribution in [3.8, 4) is 0 Å². The van der Waals surface area contributed by atoms with Crippen LogP contribution in [-0.2, 0) is 14.3 Å². The van der Waals surface area contributed by atoms with Gasteiger partial charge in [-0.25, -0.2) is 4.79 Å². The Kier molecular flexibility index (Phi) is 4.99. The fraction of sp³-hybridized carbons (Fsp3) is 0.429. The van der Waals surface area contributed by atoms with Gasteiger partial charge in [0.25, 0.3) is 0 Å². The van der Waals surface area contributed by atoms with E-state index in [0.29, 0.717) is 18.9 Å². The highest BCUT2D eigenvalue weighted by molar-refractivity contribution is 6.21. The van der Waals surface area contributed by atoms with Crippen molar-refractivity contribution in [2.45, 2.75) is 6.42 Å². The van der Waals surface area contributed by atoms with Crippen molar-refractivity contribution in [1.82, 2.24) is 10.2 Å². The zero-order valence-corrected chi connectivity index (χ0v) is 11.7. The fourth-order valence-electron chi connectivity index (χ4n) is 2.08. The van der Waals surface area contributed by atoms with Crippen molar-refractivity contribution in [3.05, 3.63) is 24.3 Å². The molecule has 0 fully saturated rings. The molecule has 7 nitrogen and oxygen atoms in total. The highest BCUT2D eigenvalue weighted by atomic mass is 16.5. The summed E-state index contributed by atoms with van der Waals surface area (Å²) >= 11 is 0. The molecule has 21 heavy (non-hydrogen) atoms. The van der Waals surface area contributed by atoms with Crippen LogP contribution in [0.25, 0.3) is 0 Å². The summed E-state index contributed by atoms with van der Waals surface area (Å²) < 4.78 is 4.81. The van der Waals surface area contributed by atoms with Gasteiger partial charge in [0.2, 0.25) is 11.8 Å². The molecule has 0 saturated heterocycles. The van der Waals surface area contributed by atoms with Crippen LogP contribution >= 0.6 is 0 Å². The third-order valence-corrected chi connectivity index (χ3v) is 3.18. The second-order valence-corrected chi connectivity index (χ2v) is 4.62. The number of ether oxygens (including phenoxy) is 1. The van der Waals surface area contributed by atoms with E-state index < -0.39 is 11.9 Å². The van der Waals surface area contributed by atoms with Crippen LogP contribution in [0, 0.1) is 5.92 Å². The van der Waals surface area contributed by atoms with Gasteiger partial charge in [-0.05, 0) is 6.08 Å². The molecule has 1 heterocycles. The Bertz CT molecular complexity index is 536. The van der Waals surface area contributed by atoms with Crippen LogP contribution in [0.2, 0.25) is 0 Å². The van der Waals surface area contributed by atoms with E-state index in [2.05, 4.69) is 10.3 Å². The SMILES string of the molecule is COCCNC(=O)CCN1C(=O)N=C2C=CC=CC2C1=O. The second kappa shape index (κ2) is 6.94. The first-order valence-corrected chi connectivity index (χ1v) is 6.68. The minimum absolute atomic E-state index is 0.0291. The standard InChI is InChI=1S/C14H17N3O4/c1-21-9-7-15-12(18)6-8-17-13(19)10-4-2-3-5-11(10)16-14(17)20/h2-5,10H,6-9H2,1H3,(H,15,18). The van der Waals surface area contributed by atoms with E-state index in [1.165, 1.54) is 0 Å². The van der Waals surface area contributed by atoms with Gasteiger partial charge in [-0.3, -0.25) is 14.5 Å². The maximum Gasteiger partial charge on any atom is 0.350 e. The molecule has 2 rings (SSSR count). The summed E-state index contributed by atoms with van der Waals surface area (Å²) in [6.45, 7) is 0.844. The number of rotatable bonds is 6. The lowest BCUT2D eigenvalue weighted by Crippen LogP contribution is -2.47. The van der Waals surface area contributed by atoms with E-state index in [9.17, 15) is 14.4 Å². The molecule has 0 spiro atoms. The van der Waals surface area contributed by atoms with Crippen LogP contribution in [0.1, 0.15) is 6.42 Å². The maximum atomic E-state index is 12.2. The molecule has 1 atom stereocenters. The number of nitrogens with one attached hydrogen (secondary N) is 1. The number of imide groups is 1. The van der Waals surface area contributed by atoms with Crippen molar-refractivity contribution in [2.75, 3.05) is 26.8 Å². The molecule has 0 bridgehead atoms. The summed E-state index contributed by atoms with van der Waals surface area (Å²) in [4.78, 5) is 40.6. The predicted octanol–water partition coefficient (Wildman–Crippen LogP) is 0.285. The lowest BCUT2D eigenvalue weighted by molar-refractivity contribution is -0.130. The van der Waals surface area contributed by atoms with Crippen LogP contribution < -0.4 is 5.32 Å².